The fourth-order valence-corrected chi connectivity index (χ4v) is 6.05. The lowest BCUT2D eigenvalue weighted by Crippen LogP contribution is -2.46. The first-order chi connectivity index (χ1) is 21.0. The average molecular weight is 649 g/mol. The number of carbonyl (C=O) groups excluding carboxylic acids is 1. The molecule has 0 aliphatic rings. The van der Waals surface area contributed by atoms with Gasteiger partial charge in [-0.15, -0.1) is 0 Å². The van der Waals surface area contributed by atoms with Crippen molar-refractivity contribution in [2.75, 3.05) is 40.9 Å². The Morgan fingerprint density at radius 3 is 1.55 bits per heavy atom. The Kier molecular flexibility index (Phi) is 28.4. The molecular weight excluding hydrogens is 575 g/mol. The highest BCUT2D eigenvalue weighted by molar-refractivity contribution is 7.45. The van der Waals surface area contributed by atoms with Gasteiger partial charge in [-0.05, 0) is 12.8 Å². The summed E-state index contributed by atoms with van der Waals surface area (Å²) in [4.78, 5) is 24.8. The number of hydrogen-bond donors (Lipinski definition) is 2. The molecule has 0 spiro atoms. The molecule has 0 bridgehead atoms. The lowest BCUT2D eigenvalue weighted by molar-refractivity contribution is -0.870. The molecule has 0 saturated carbocycles. The van der Waals surface area contributed by atoms with Gasteiger partial charge in [-0.1, -0.05) is 149 Å². The van der Waals surface area contributed by atoms with Crippen LogP contribution < -0.4 is 10.2 Å². The van der Waals surface area contributed by atoms with Gasteiger partial charge >= 0.3 is 0 Å². The molecule has 2 N–H and O–H groups in total. The summed E-state index contributed by atoms with van der Waals surface area (Å²) in [6.07, 6.45) is 27.3. The highest BCUT2D eigenvalue weighted by Crippen LogP contribution is 2.38. The summed E-state index contributed by atoms with van der Waals surface area (Å²) in [7, 11) is 1.31. The SMILES string of the molecule is CCCCCCCCCCCCCCCCCCCCC(O)C(COP(=O)([O-])OCC[N+](C)(C)C)NC(=O)CCCCCC. The molecule has 1 amide bonds. The Labute approximate surface area is 272 Å². The van der Waals surface area contributed by atoms with Gasteiger partial charge in [0.05, 0.1) is 39.9 Å². The summed E-state index contributed by atoms with van der Waals surface area (Å²) in [5, 5.41) is 13.7. The van der Waals surface area contributed by atoms with Gasteiger partial charge in [0.1, 0.15) is 13.2 Å². The number of nitrogens with zero attached hydrogens (tertiary/aromatic N) is 1. The summed E-state index contributed by atoms with van der Waals surface area (Å²) in [5.41, 5.74) is 0. The number of carbonyl (C=O) groups is 1. The Hall–Kier alpha value is -0.500. The number of nitrogens with one attached hydrogen (secondary N) is 1. The molecule has 0 fully saturated rings. The van der Waals surface area contributed by atoms with Crippen molar-refractivity contribution in [2.24, 2.45) is 0 Å². The topological polar surface area (TPSA) is 108 Å². The maximum atomic E-state index is 12.5. The zero-order chi connectivity index (χ0) is 32.9. The monoisotopic (exact) mass is 649 g/mol. The van der Waals surface area contributed by atoms with Crippen LogP contribution in [0.25, 0.3) is 0 Å². The van der Waals surface area contributed by atoms with Gasteiger partial charge in [0.2, 0.25) is 5.91 Å². The van der Waals surface area contributed by atoms with Gasteiger partial charge in [-0.3, -0.25) is 9.36 Å². The summed E-state index contributed by atoms with van der Waals surface area (Å²) < 4.78 is 23.0. The minimum absolute atomic E-state index is 0.0145. The van der Waals surface area contributed by atoms with E-state index in [4.69, 9.17) is 9.05 Å². The van der Waals surface area contributed by atoms with Crippen LogP contribution in [0.2, 0.25) is 0 Å². The summed E-state index contributed by atoms with van der Waals surface area (Å²) in [5.74, 6) is -0.182. The Balaban J connectivity index is 4.18. The molecule has 0 heterocycles. The van der Waals surface area contributed by atoms with Gasteiger partial charge in [0, 0.05) is 6.42 Å². The van der Waals surface area contributed by atoms with Gasteiger partial charge in [-0.2, -0.15) is 0 Å². The number of likely N-dealkylation sites (N-methyl/N-ethyl adjacent to an activating group) is 1. The minimum atomic E-state index is -4.53. The standard InChI is InChI=1S/C35H73N2O6P/c1-6-8-10-12-13-14-15-16-17-18-19-20-21-22-23-24-25-26-28-34(38)33(36-35(39)29-27-11-9-7-2)32-43-44(40,41)42-31-30-37(3,4)5/h33-34,38H,6-32H2,1-5H3,(H-,36,39,40,41). The van der Waals surface area contributed by atoms with Gasteiger partial charge < -0.3 is 28.8 Å². The molecule has 9 heteroatoms. The van der Waals surface area contributed by atoms with E-state index in [1.54, 1.807) is 0 Å². The second kappa shape index (κ2) is 28.7. The average Bonchev–Trinajstić information content (AvgIpc) is 2.96. The highest BCUT2D eigenvalue weighted by atomic mass is 31.2. The number of quaternary nitrogens is 1. The zero-order valence-corrected chi connectivity index (χ0v) is 30.5. The van der Waals surface area contributed by atoms with E-state index >= 15 is 0 Å². The van der Waals surface area contributed by atoms with Crippen LogP contribution in [-0.4, -0.2) is 68.5 Å². The third kappa shape index (κ3) is 30.2. The van der Waals surface area contributed by atoms with Crippen LogP contribution in [0.3, 0.4) is 0 Å². The van der Waals surface area contributed by atoms with E-state index in [1.807, 2.05) is 21.1 Å². The minimum Gasteiger partial charge on any atom is -0.756 e. The molecule has 3 atom stereocenters. The van der Waals surface area contributed by atoms with E-state index in [0.29, 0.717) is 23.9 Å². The van der Waals surface area contributed by atoms with Crippen molar-refractivity contribution in [2.45, 2.75) is 180 Å². The van der Waals surface area contributed by atoms with E-state index in [9.17, 15) is 19.4 Å². The maximum Gasteiger partial charge on any atom is 0.268 e. The van der Waals surface area contributed by atoms with Crippen molar-refractivity contribution < 1.29 is 32.9 Å². The van der Waals surface area contributed by atoms with Gasteiger partial charge in [0.25, 0.3) is 7.82 Å². The van der Waals surface area contributed by atoms with E-state index in [2.05, 4.69) is 19.2 Å². The number of rotatable bonds is 33. The Morgan fingerprint density at radius 1 is 0.705 bits per heavy atom. The molecule has 0 aromatic heterocycles. The lowest BCUT2D eigenvalue weighted by atomic mass is 10.0. The fraction of sp³-hybridized carbons (Fsp3) is 0.971. The first-order valence-corrected chi connectivity index (χ1v) is 19.8. The predicted molar refractivity (Wildman–Crippen MR) is 183 cm³/mol. The van der Waals surface area contributed by atoms with Gasteiger partial charge in [-0.25, -0.2) is 0 Å². The number of unbranched alkanes of at least 4 members (excludes halogenated alkanes) is 20. The van der Waals surface area contributed by atoms with Crippen molar-refractivity contribution in [1.29, 1.82) is 0 Å². The van der Waals surface area contributed by atoms with Crippen LogP contribution in [0.4, 0.5) is 0 Å². The molecule has 44 heavy (non-hydrogen) atoms. The smallest absolute Gasteiger partial charge is 0.268 e. The summed E-state index contributed by atoms with van der Waals surface area (Å²) in [6.45, 7) is 4.59. The quantitative estimate of drug-likeness (QED) is 0.0420. The number of aliphatic hydroxyl groups is 1. The Bertz CT molecular complexity index is 703. The summed E-state index contributed by atoms with van der Waals surface area (Å²) in [6, 6.07) is -0.788. The first-order valence-electron chi connectivity index (χ1n) is 18.4. The van der Waals surface area contributed by atoms with Crippen molar-refractivity contribution in [3.8, 4) is 0 Å². The van der Waals surface area contributed by atoms with E-state index in [1.165, 1.54) is 96.3 Å². The molecule has 0 radical (unpaired) electrons. The molecule has 3 unspecified atom stereocenters. The number of amides is 1. The molecule has 0 aliphatic carbocycles. The molecular formula is C35H73N2O6P. The zero-order valence-electron chi connectivity index (χ0n) is 29.6. The van der Waals surface area contributed by atoms with Gasteiger partial charge in [0.15, 0.2) is 0 Å². The van der Waals surface area contributed by atoms with E-state index < -0.39 is 20.0 Å². The van der Waals surface area contributed by atoms with Crippen molar-refractivity contribution in [3.05, 3.63) is 0 Å². The number of phosphoric acid groups is 1. The molecule has 264 valence electrons. The van der Waals surface area contributed by atoms with Crippen LogP contribution in [0.1, 0.15) is 168 Å². The molecule has 0 saturated heterocycles. The van der Waals surface area contributed by atoms with Crippen molar-refractivity contribution in [1.82, 2.24) is 5.32 Å². The molecule has 8 nitrogen and oxygen atoms in total. The molecule has 0 rings (SSSR count). The maximum absolute atomic E-state index is 12.5. The normalized spacial score (nSPS) is 14.8. The fourth-order valence-electron chi connectivity index (χ4n) is 5.33. The van der Waals surface area contributed by atoms with Crippen LogP contribution in [0, 0.1) is 0 Å². The molecule has 0 aliphatic heterocycles. The number of phosphoric ester groups is 1. The largest absolute Gasteiger partial charge is 0.756 e. The second-order valence-corrected chi connectivity index (χ2v) is 15.4. The van der Waals surface area contributed by atoms with Crippen molar-refractivity contribution >= 4 is 13.7 Å². The van der Waals surface area contributed by atoms with Crippen LogP contribution in [0.5, 0.6) is 0 Å². The number of hydrogen-bond acceptors (Lipinski definition) is 6. The van der Waals surface area contributed by atoms with Crippen LogP contribution >= 0.6 is 7.82 Å². The second-order valence-electron chi connectivity index (χ2n) is 13.9. The van der Waals surface area contributed by atoms with E-state index in [-0.39, 0.29) is 19.1 Å². The third-order valence-electron chi connectivity index (χ3n) is 8.35. The molecule has 0 aromatic rings. The Morgan fingerprint density at radius 2 is 1.11 bits per heavy atom. The number of aliphatic hydroxyl groups excluding tert-OH is 1. The van der Waals surface area contributed by atoms with E-state index in [0.717, 1.165) is 44.9 Å². The lowest BCUT2D eigenvalue weighted by Gasteiger charge is -2.30. The highest BCUT2D eigenvalue weighted by Gasteiger charge is 2.24. The first kappa shape index (κ1) is 43.5. The molecule has 0 aromatic carbocycles. The third-order valence-corrected chi connectivity index (χ3v) is 9.31. The van der Waals surface area contributed by atoms with Crippen LogP contribution in [0.15, 0.2) is 0 Å². The van der Waals surface area contributed by atoms with Crippen LogP contribution in [-0.2, 0) is 18.4 Å². The summed E-state index contributed by atoms with van der Waals surface area (Å²) >= 11 is 0. The predicted octanol–water partition coefficient (Wildman–Crippen LogP) is 8.44. The van der Waals surface area contributed by atoms with Crippen molar-refractivity contribution in [3.63, 3.8) is 0 Å².